The first-order valence-electron chi connectivity index (χ1n) is 5.31. The molecule has 1 fully saturated rings. The maximum Gasteiger partial charge on any atom is 0.126 e. The predicted molar refractivity (Wildman–Crippen MR) is 58.6 cm³/mol. The number of aryl methyl sites for hydroxylation is 1. The van der Waals surface area contributed by atoms with Gasteiger partial charge in [0.15, 0.2) is 0 Å². The van der Waals surface area contributed by atoms with Gasteiger partial charge < -0.3 is 10.1 Å². The minimum Gasteiger partial charge on any atom is -0.380 e. The molecule has 15 heavy (non-hydrogen) atoms. The molecule has 0 saturated carbocycles. The SMILES string of the molecule is Cc1cc(N[C@H]2CCO[C@H]2C)ccc1F. The van der Waals surface area contributed by atoms with Crippen molar-refractivity contribution in [1.82, 2.24) is 0 Å². The van der Waals surface area contributed by atoms with Gasteiger partial charge in [0, 0.05) is 12.3 Å². The van der Waals surface area contributed by atoms with Crippen molar-refractivity contribution in [2.24, 2.45) is 0 Å². The third-order valence-electron chi connectivity index (χ3n) is 2.89. The van der Waals surface area contributed by atoms with Crippen LogP contribution in [0.3, 0.4) is 0 Å². The molecule has 1 heterocycles. The second-order valence-electron chi connectivity index (χ2n) is 4.08. The average Bonchev–Trinajstić information content (AvgIpc) is 2.59. The molecule has 0 spiro atoms. The highest BCUT2D eigenvalue weighted by Crippen LogP contribution is 2.20. The Labute approximate surface area is 89.4 Å². The summed E-state index contributed by atoms with van der Waals surface area (Å²) in [6.07, 6.45) is 1.24. The van der Waals surface area contributed by atoms with Crippen LogP contribution in [-0.4, -0.2) is 18.8 Å². The highest BCUT2D eigenvalue weighted by molar-refractivity contribution is 5.47. The lowest BCUT2D eigenvalue weighted by Gasteiger charge is -2.17. The Morgan fingerprint density at radius 3 is 2.87 bits per heavy atom. The predicted octanol–water partition coefficient (Wildman–Crippen LogP) is 2.72. The van der Waals surface area contributed by atoms with Gasteiger partial charge in [0.2, 0.25) is 0 Å². The number of benzene rings is 1. The van der Waals surface area contributed by atoms with Crippen LogP contribution in [0.4, 0.5) is 10.1 Å². The summed E-state index contributed by atoms with van der Waals surface area (Å²) in [5.41, 5.74) is 1.64. The van der Waals surface area contributed by atoms with Gasteiger partial charge in [0.05, 0.1) is 12.1 Å². The summed E-state index contributed by atoms with van der Waals surface area (Å²) in [6.45, 7) is 4.63. The summed E-state index contributed by atoms with van der Waals surface area (Å²) in [7, 11) is 0. The van der Waals surface area contributed by atoms with E-state index >= 15 is 0 Å². The Morgan fingerprint density at radius 2 is 2.27 bits per heavy atom. The fourth-order valence-electron chi connectivity index (χ4n) is 1.87. The van der Waals surface area contributed by atoms with Gasteiger partial charge in [-0.25, -0.2) is 4.39 Å². The summed E-state index contributed by atoms with van der Waals surface area (Å²) >= 11 is 0. The molecule has 0 radical (unpaired) electrons. The molecule has 3 heteroatoms. The molecule has 1 N–H and O–H groups in total. The Morgan fingerprint density at radius 1 is 1.47 bits per heavy atom. The van der Waals surface area contributed by atoms with Gasteiger partial charge in [-0.2, -0.15) is 0 Å². The first kappa shape index (κ1) is 10.4. The Kier molecular flexibility index (Phi) is 2.91. The molecule has 1 aromatic carbocycles. The van der Waals surface area contributed by atoms with Gasteiger partial charge >= 0.3 is 0 Å². The molecule has 0 amide bonds. The van der Waals surface area contributed by atoms with E-state index in [1.165, 1.54) is 6.07 Å². The van der Waals surface area contributed by atoms with E-state index in [2.05, 4.69) is 12.2 Å². The highest BCUT2D eigenvalue weighted by Gasteiger charge is 2.23. The van der Waals surface area contributed by atoms with Crippen LogP contribution in [0, 0.1) is 12.7 Å². The molecule has 1 aliphatic heterocycles. The lowest BCUT2D eigenvalue weighted by Crippen LogP contribution is -2.26. The van der Waals surface area contributed by atoms with Crippen LogP contribution in [0.15, 0.2) is 18.2 Å². The van der Waals surface area contributed by atoms with Gasteiger partial charge in [-0.1, -0.05) is 0 Å². The van der Waals surface area contributed by atoms with Gasteiger partial charge in [0.1, 0.15) is 5.82 Å². The van der Waals surface area contributed by atoms with Crippen molar-refractivity contribution in [3.05, 3.63) is 29.6 Å². The number of ether oxygens (including phenoxy) is 1. The standard InChI is InChI=1S/C12H16FNO/c1-8-7-10(3-4-11(8)13)14-12-5-6-15-9(12)2/h3-4,7,9,12,14H,5-6H2,1-2H3/t9-,12-/m0/s1. The van der Waals surface area contributed by atoms with Crippen LogP contribution in [0.5, 0.6) is 0 Å². The second-order valence-corrected chi connectivity index (χ2v) is 4.08. The van der Waals surface area contributed by atoms with E-state index in [9.17, 15) is 4.39 Å². The van der Waals surface area contributed by atoms with Crippen LogP contribution in [0.1, 0.15) is 18.9 Å². The molecule has 2 nitrogen and oxygen atoms in total. The monoisotopic (exact) mass is 209 g/mol. The molecule has 0 unspecified atom stereocenters. The minimum atomic E-state index is -0.156. The van der Waals surface area contributed by atoms with Gasteiger partial charge in [0.25, 0.3) is 0 Å². The molecule has 0 aromatic heterocycles. The Balaban J connectivity index is 2.07. The summed E-state index contributed by atoms with van der Waals surface area (Å²) in [6, 6.07) is 5.45. The molecule has 1 aromatic rings. The quantitative estimate of drug-likeness (QED) is 0.808. The van der Waals surface area contributed by atoms with Crippen LogP contribution in [-0.2, 0) is 4.74 Å². The van der Waals surface area contributed by atoms with Crippen LogP contribution >= 0.6 is 0 Å². The van der Waals surface area contributed by atoms with Crippen molar-refractivity contribution in [1.29, 1.82) is 0 Å². The molecule has 1 saturated heterocycles. The van der Waals surface area contributed by atoms with E-state index in [0.717, 1.165) is 18.7 Å². The molecule has 2 rings (SSSR count). The fraction of sp³-hybridized carbons (Fsp3) is 0.500. The van der Waals surface area contributed by atoms with Gasteiger partial charge in [-0.15, -0.1) is 0 Å². The molecule has 82 valence electrons. The highest BCUT2D eigenvalue weighted by atomic mass is 19.1. The molecular weight excluding hydrogens is 193 g/mol. The van der Waals surface area contributed by atoms with Crippen molar-refractivity contribution in [2.75, 3.05) is 11.9 Å². The van der Waals surface area contributed by atoms with Crippen LogP contribution in [0.25, 0.3) is 0 Å². The lowest BCUT2D eigenvalue weighted by molar-refractivity contribution is 0.121. The fourth-order valence-corrected chi connectivity index (χ4v) is 1.87. The first-order chi connectivity index (χ1) is 7.16. The third-order valence-corrected chi connectivity index (χ3v) is 2.89. The molecular formula is C12H16FNO. The summed E-state index contributed by atoms with van der Waals surface area (Å²) < 4.78 is 18.5. The van der Waals surface area contributed by atoms with Crippen molar-refractivity contribution in [3.8, 4) is 0 Å². The van der Waals surface area contributed by atoms with E-state index in [-0.39, 0.29) is 11.9 Å². The molecule has 2 atom stereocenters. The van der Waals surface area contributed by atoms with Crippen molar-refractivity contribution in [2.45, 2.75) is 32.4 Å². The number of halogens is 1. The number of nitrogens with one attached hydrogen (secondary N) is 1. The van der Waals surface area contributed by atoms with E-state index in [4.69, 9.17) is 4.74 Å². The second kappa shape index (κ2) is 4.19. The maximum absolute atomic E-state index is 13.0. The number of hydrogen-bond donors (Lipinski definition) is 1. The number of anilines is 1. The van der Waals surface area contributed by atoms with Gasteiger partial charge in [-0.3, -0.25) is 0 Å². The van der Waals surface area contributed by atoms with Crippen molar-refractivity contribution >= 4 is 5.69 Å². The lowest BCUT2D eigenvalue weighted by atomic mass is 10.1. The minimum absolute atomic E-state index is 0.156. The Bertz CT molecular complexity index is 353. The van der Waals surface area contributed by atoms with E-state index < -0.39 is 0 Å². The molecule has 0 bridgehead atoms. The zero-order valence-corrected chi connectivity index (χ0v) is 9.09. The van der Waals surface area contributed by atoms with Gasteiger partial charge in [-0.05, 0) is 44.0 Å². The smallest absolute Gasteiger partial charge is 0.126 e. The largest absolute Gasteiger partial charge is 0.380 e. The van der Waals surface area contributed by atoms with Crippen molar-refractivity contribution in [3.63, 3.8) is 0 Å². The topological polar surface area (TPSA) is 21.3 Å². The van der Waals surface area contributed by atoms with E-state index in [1.54, 1.807) is 13.0 Å². The maximum atomic E-state index is 13.0. The molecule has 1 aliphatic rings. The van der Waals surface area contributed by atoms with E-state index in [0.29, 0.717) is 11.6 Å². The zero-order chi connectivity index (χ0) is 10.8. The van der Waals surface area contributed by atoms with Crippen LogP contribution in [0.2, 0.25) is 0 Å². The number of rotatable bonds is 2. The zero-order valence-electron chi connectivity index (χ0n) is 9.09. The van der Waals surface area contributed by atoms with Crippen molar-refractivity contribution < 1.29 is 9.13 Å². The summed E-state index contributed by atoms with van der Waals surface area (Å²) in [4.78, 5) is 0. The molecule has 0 aliphatic carbocycles. The third kappa shape index (κ3) is 2.29. The first-order valence-corrected chi connectivity index (χ1v) is 5.31. The Hall–Kier alpha value is -1.09. The summed E-state index contributed by atoms with van der Waals surface area (Å²) in [5.74, 6) is -0.156. The average molecular weight is 209 g/mol. The number of hydrogen-bond acceptors (Lipinski definition) is 2. The van der Waals surface area contributed by atoms with E-state index in [1.807, 2.05) is 6.07 Å². The normalized spacial score (nSPS) is 25.5. The summed E-state index contributed by atoms with van der Waals surface area (Å²) in [5, 5.41) is 3.37. The van der Waals surface area contributed by atoms with Crippen LogP contribution < -0.4 is 5.32 Å².